The average molecular weight is 401 g/mol. The number of hydrogen-bond donors (Lipinski definition) is 2. The summed E-state index contributed by atoms with van der Waals surface area (Å²) in [6.07, 6.45) is 3.36. The SMILES string of the molecule is C=C(NNC(=O)c1ccc(CSc2cccc3cccnc23)cc1)c1ccco1. The molecule has 2 heterocycles. The third-order valence-electron chi connectivity index (χ3n) is 4.35. The zero-order chi connectivity index (χ0) is 20.1. The number of nitrogens with zero attached hydrogens (tertiary/aromatic N) is 1. The van der Waals surface area contributed by atoms with E-state index in [1.807, 2.05) is 42.6 Å². The van der Waals surface area contributed by atoms with E-state index < -0.39 is 0 Å². The first-order chi connectivity index (χ1) is 14.2. The minimum atomic E-state index is -0.241. The maximum Gasteiger partial charge on any atom is 0.269 e. The second kappa shape index (κ2) is 8.67. The highest BCUT2D eigenvalue weighted by Gasteiger charge is 2.08. The van der Waals surface area contributed by atoms with Gasteiger partial charge in [-0.25, -0.2) is 0 Å². The van der Waals surface area contributed by atoms with Crippen LogP contribution >= 0.6 is 11.8 Å². The number of furan rings is 1. The summed E-state index contributed by atoms with van der Waals surface area (Å²) in [5.41, 5.74) is 8.58. The molecule has 0 aliphatic rings. The number of hydrogen-bond acceptors (Lipinski definition) is 5. The molecule has 0 radical (unpaired) electrons. The van der Waals surface area contributed by atoms with Gasteiger partial charge in [0.2, 0.25) is 0 Å². The summed E-state index contributed by atoms with van der Waals surface area (Å²) in [6, 6.07) is 21.3. The molecular weight excluding hydrogens is 382 g/mol. The van der Waals surface area contributed by atoms with Gasteiger partial charge in [0.1, 0.15) is 0 Å². The van der Waals surface area contributed by atoms with Crippen molar-refractivity contribution in [3.05, 3.63) is 103 Å². The lowest BCUT2D eigenvalue weighted by Crippen LogP contribution is -2.35. The van der Waals surface area contributed by atoms with Crippen LogP contribution in [0, 0.1) is 0 Å². The molecular formula is C23H19N3O2S. The molecule has 5 nitrogen and oxygen atoms in total. The minimum Gasteiger partial charge on any atom is -0.463 e. The van der Waals surface area contributed by atoms with Crippen molar-refractivity contribution in [1.29, 1.82) is 0 Å². The van der Waals surface area contributed by atoms with Crippen LogP contribution in [0.3, 0.4) is 0 Å². The lowest BCUT2D eigenvalue weighted by Gasteiger charge is -2.10. The van der Waals surface area contributed by atoms with E-state index in [9.17, 15) is 4.79 Å². The first-order valence-electron chi connectivity index (χ1n) is 9.05. The Morgan fingerprint density at radius 3 is 2.62 bits per heavy atom. The Labute approximate surface area is 172 Å². The smallest absolute Gasteiger partial charge is 0.269 e. The van der Waals surface area contributed by atoms with Crippen molar-refractivity contribution < 1.29 is 9.21 Å². The Morgan fingerprint density at radius 1 is 1.00 bits per heavy atom. The third kappa shape index (κ3) is 4.50. The molecule has 6 heteroatoms. The predicted molar refractivity (Wildman–Crippen MR) is 116 cm³/mol. The van der Waals surface area contributed by atoms with Gasteiger partial charge in [0.25, 0.3) is 5.91 Å². The van der Waals surface area contributed by atoms with Crippen LogP contribution in [-0.2, 0) is 5.75 Å². The normalized spacial score (nSPS) is 10.6. The van der Waals surface area contributed by atoms with E-state index in [1.165, 1.54) is 0 Å². The van der Waals surface area contributed by atoms with Crippen molar-refractivity contribution >= 4 is 34.3 Å². The lowest BCUT2D eigenvalue weighted by molar-refractivity contribution is 0.0942. The summed E-state index contributed by atoms with van der Waals surface area (Å²) < 4.78 is 5.22. The molecule has 29 heavy (non-hydrogen) atoms. The number of carbonyl (C=O) groups is 1. The van der Waals surface area contributed by atoms with Crippen LogP contribution in [0.2, 0.25) is 0 Å². The van der Waals surface area contributed by atoms with Crippen molar-refractivity contribution in [2.75, 3.05) is 0 Å². The van der Waals surface area contributed by atoms with E-state index in [2.05, 4.69) is 40.6 Å². The van der Waals surface area contributed by atoms with Crippen molar-refractivity contribution in [3.63, 3.8) is 0 Å². The summed E-state index contributed by atoms with van der Waals surface area (Å²) in [5, 5.41) is 1.13. The largest absolute Gasteiger partial charge is 0.463 e. The Balaban J connectivity index is 1.35. The van der Waals surface area contributed by atoms with Gasteiger partial charge in [-0.2, -0.15) is 0 Å². The monoisotopic (exact) mass is 401 g/mol. The average Bonchev–Trinajstić information content (AvgIpc) is 3.31. The number of amides is 1. The molecule has 0 saturated heterocycles. The molecule has 144 valence electrons. The second-order valence-electron chi connectivity index (χ2n) is 6.35. The van der Waals surface area contributed by atoms with Gasteiger partial charge in [0, 0.05) is 27.8 Å². The molecule has 0 bridgehead atoms. The molecule has 0 aliphatic carbocycles. The standard InChI is InChI=1S/C23H19N3O2S/c1-16(20-7-4-14-28-20)25-26-23(27)19-11-9-17(10-12-19)15-29-21-8-2-5-18-6-3-13-24-22(18)21/h2-14,25H,1,15H2,(H,26,27). The fourth-order valence-corrected chi connectivity index (χ4v) is 3.82. The summed E-state index contributed by atoms with van der Waals surface area (Å²) in [6.45, 7) is 3.82. The van der Waals surface area contributed by atoms with Gasteiger partial charge in [-0.1, -0.05) is 36.9 Å². The number of aromatic nitrogens is 1. The minimum absolute atomic E-state index is 0.241. The van der Waals surface area contributed by atoms with Crippen LogP contribution < -0.4 is 10.9 Å². The highest BCUT2D eigenvalue weighted by molar-refractivity contribution is 7.98. The molecule has 0 fully saturated rings. The van der Waals surface area contributed by atoms with Gasteiger partial charge >= 0.3 is 0 Å². The molecule has 1 amide bonds. The quantitative estimate of drug-likeness (QED) is 0.336. The van der Waals surface area contributed by atoms with Gasteiger partial charge in [-0.3, -0.25) is 20.6 Å². The number of carbonyl (C=O) groups excluding carboxylic acids is 1. The zero-order valence-electron chi connectivity index (χ0n) is 15.6. The molecule has 0 unspecified atom stereocenters. The molecule has 4 rings (SSSR count). The molecule has 2 N–H and O–H groups in total. The first-order valence-corrected chi connectivity index (χ1v) is 10.0. The molecule has 4 aromatic rings. The summed E-state index contributed by atoms with van der Waals surface area (Å²) >= 11 is 1.73. The Kier molecular flexibility index (Phi) is 5.63. The maximum absolute atomic E-state index is 12.3. The van der Waals surface area contributed by atoms with E-state index >= 15 is 0 Å². The molecule has 0 aliphatic heterocycles. The van der Waals surface area contributed by atoms with Crippen LogP contribution in [0.1, 0.15) is 21.7 Å². The third-order valence-corrected chi connectivity index (χ3v) is 5.47. The van der Waals surface area contributed by atoms with Crippen LogP contribution in [0.4, 0.5) is 0 Å². The van der Waals surface area contributed by atoms with Gasteiger partial charge in [0.15, 0.2) is 5.76 Å². The summed E-state index contributed by atoms with van der Waals surface area (Å²) in [7, 11) is 0. The van der Waals surface area contributed by atoms with Crippen molar-refractivity contribution in [3.8, 4) is 0 Å². The maximum atomic E-state index is 12.3. The number of benzene rings is 2. The Hall–Kier alpha value is -3.51. The van der Waals surface area contributed by atoms with E-state index in [-0.39, 0.29) is 5.91 Å². The summed E-state index contributed by atoms with van der Waals surface area (Å²) in [4.78, 5) is 17.9. The number of pyridine rings is 1. The Morgan fingerprint density at radius 2 is 1.83 bits per heavy atom. The van der Waals surface area contributed by atoms with Gasteiger partial charge in [-0.15, -0.1) is 11.8 Å². The lowest BCUT2D eigenvalue weighted by atomic mass is 10.1. The fourth-order valence-electron chi connectivity index (χ4n) is 2.82. The molecule has 0 saturated carbocycles. The predicted octanol–water partition coefficient (Wildman–Crippen LogP) is 5.03. The molecule has 2 aromatic carbocycles. The van der Waals surface area contributed by atoms with Gasteiger partial charge in [0.05, 0.1) is 17.5 Å². The fraction of sp³-hybridized carbons (Fsp3) is 0.0435. The van der Waals surface area contributed by atoms with Crippen LogP contribution in [-0.4, -0.2) is 10.9 Å². The van der Waals surface area contributed by atoms with Crippen molar-refractivity contribution in [2.45, 2.75) is 10.6 Å². The first kappa shape index (κ1) is 18.8. The van der Waals surface area contributed by atoms with E-state index in [4.69, 9.17) is 4.42 Å². The number of rotatable bonds is 7. The van der Waals surface area contributed by atoms with Gasteiger partial charge in [-0.05, 0) is 42.0 Å². The number of fused-ring (bicyclic) bond motifs is 1. The van der Waals surface area contributed by atoms with Crippen LogP contribution in [0.15, 0.2) is 95.1 Å². The molecule has 0 spiro atoms. The topological polar surface area (TPSA) is 67.2 Å². The number of hydrazine groups is 1. The number of para-hydroxylation sites is 1. The molecule has 0 atom stereocenters. The van der Waals surface area contributed by atoms with Crippen LogP contribution in [0.5, 0.6) is 0 Å². The zero-order valence-corrected chi connectivity index (χ0v) is 16.4. The van der Waals surface area contributed by atoms with Crippen molar-refractivity contribution in [1.82, 2.24) is 15.8 Å². The van der Waals surface area contributed by atoms with E-state index in [1.54, 1.807) is 30.2 Å². The highest BCUT2D eigenvalue weighted by atomic mass is 32.2. The van der Waals surface area contributed by atoms with Gasteiger partial charge < -0.3 is 4.42 Å². The Bertz CT molecular complexity index is 1130. The van der Waals surface area contributed by atoms with E-state index in [0.717, 1.165) is 27.1 Å². The molecule has 2 aromatic heterocycles. The van der Waals surface area contributed by atoms with Crippen LogP contribution in [0.25, 0.3) is 16.6 Å². The summed E-state index contributed by atoms with van der Waals surface area (Å²) in [5.74, 6) is 1.13. The van der Waals surface area contributed by atoms with Crippen molar-refractivity contribution in [2.24, 2.45) is 0 Å². The highest BCUT2D eigenvalue weighted by Crippen LogP contribution is 2.28. The van der Waals surface area contributed by atoms with E-state index in [0.29, 0.717) is 17.0 Å². The number of nitrogens with one attached hydrogen (secondary N) is 2. The second-order valence-corrected chi connectivity index (χ2v) is 7.37. The number of thioether (sulfide) groups is 1.